The number of benzene rings is 1. The molecule has 0 aliphatic carbocycles. The van der Waals surface area contributed by atoms with E-state index in [2.05, 4.69) is 38.4 Å². The Hall–Kier alpha value is -1.33. The van der Waals surface area contributed by atoms with Crippen LogP contribution in [0, 0.1) is 0 Å². The zero-order valence-electron chi connectivity index (χ0n) is 9.97. The van der Waals surface area contributed by atoms with Gasteiger partial charge in [-0.05, 0) is 46.1 Å². The molecule has 2 aromatic rings. The molecule has 19 heavy (non-hydrogen) atoms. The minimum Gasteiger partial charge on any atom is -0.310 e. The second-order valence-electron chi connectivity index (χ2n) is 4.27. The molecule has 96 valence electrons. The molecule has 1 aliphatic rings. The lowest BCUT2D eigenvalue weighted by atomic mass is 10.1. The summed E-state index contributed by atoms with van der Waals surface area (Å²) in [5.41, 5.74) is 1.25. The Bertz CT molecular complexity index is 590. The summed E-state index contributed by atoms with van der Waals surface area (Å²) >= 11 is 4.94. The van der Waals surface area contributed by atoms with E-state index in [-0.39, 0.29) is 11.2 Å². The maximum Gasteiger partial charge on any atom is 0.239 e. The van der Waals surface area contributed by atoms with Gasteiger partial charge in [-0.15, -0.1) is 11.8 Å². The molecule has 1 unspecified atom stereocenters. The van der Waals surface area contributed by atoms with E-state index < -0.39 is 0 Å². The van der Waals surface area contributed by atoms with E-state index in [1.165, 1.54) is 10.5 Å². The largest absolute Gasteiger partial charge is 0.310 e. The summed E-state index contributed by atoms with van der Waals surface area (Å²) in [6.07, 6.45) is 2.45. The normalized spacial score (nSPS) is 17.0. The predicted molar refractivity (Wildman–Crippen MR) is 80.4 cm³/mol. The number of halogens is 1. The highest BCUT2D eigenvalue weighted by Gasteiger charge is 2.28. The summed E-state index contributed by atoms with van der Waals surface area (Å²) in [4.78, 5) is 17.5. The van der Waals surface area contributed by atoms with Gasteiger partial charge in [0.05, 0.1) is 5.25 Å². The Morgan fingerprint density at radius 3 is 2.89 bits per heavy atom. The van der Waals surface area contributed by atoms with E-state index in [4.69, 9.17) is 0 Å². The van der Waals surface area contributed by atoms with Crippen LogP contribution in [0.5, 0.6) is 0 Å². The lowest BCUT2D eigenvalue weighted by molar-refractivity contribution is -0.115. The van der Waals surface area contributed by atoms with Crippen LogP contribution in [0.1, 0.15) is 5.56 Å². The number of amides is 1. The molecule has 0 saturated heterocycles. The minimum absolute atomic E-state index is 0.0102. The van der Waals surface area contributed by atoms with Gasteiger partial charge in [0, 0.05) is 15.6 Å². The second-order valence-corrected chi connectivity index (χ2v) is 6.43. The number of fused-ring (bicyclic) bond motifs is 1. The molecule has 1 amide bonds. The first-order valence-electron chi connectivity index (χ1n) is 5.89. The quantitative estimate of drug-likeness (QED) is 0.913. The van der Waals surface area contributed by atoms with Crippen LogP contribution in [0.3, 0.4) is 0 Å². The molecule has 1 atom stereocenters. The molecule has 3 rings (SSSR count). The van der Waals surface area contributed by atoms with Gasteiger partial charge in [0.25, 0.3) is 0 Å². The SMILES string of the molecule is O=C(Nc1ccc(Br)cn1)C1Cc2ccccc2S1. The fourth-order valence-electron chi connectivity index (χ4n) is 1.98. The average molecular weight is 335 g/mol. The molecule has 0 spiro atoms. The Morgan fingerprint density at radius 2 is 2.16 bits per heavy atom. The predicted octanol–water partition coefficient (Wildman–Crippen LogP) is 3.50. The van der Waals surface area contributed by atoms with Crippen LogP contribution >= 0.6 is 27.7 Å². The zero-order chi connectivity index (χ0) is 13.2. The molecule has 1 N–H and O–H groups in total. The smallest absolute Gasteiger partial charge is 0.239 e. The van der Waals surface area contributed by atoms with Gasteiger partial charge in [-0.1, -0.05) is 18.2 Å². The first-order valence-corrected chi connectivity index (χ1v) is 7.56. The number of hydrogen-bond acceptors (Lipinski definition) is 3. The van der Waals surface area contributed by atoms with Crippen LogP contribution in [-0.2, 0) is 11.2 Å². The fraction of sp³-hybridized carbons (Fsp3) is 0.143. The molecule has 1 aromatic heterocycles. The average Bonchev–Trinajstić information content (AvgIpc) is 2.85. The lowest BCUT2D eigenvalue weighted by Crippen LogP contribution is -2.25. The Labute approximate surface area is 123 Å². The molecule has 1 aliphatic heterocycles. The standard InChI is InChI=1S/C14H11BrN2OS/c15-10-5-6-13(16-8-10)17-14(18)12-7-9-3-1-2-4-11(9)19-12/h1-6,8,12H,7H2,(H,16,17,18). The Morgan fingerprint density at radius 1 is 1.32 bits per heavy atom. The van der Waals surface area contributed by atoms with Crippen molar-refractivity contribution in [2.45, 2.75) is 16.6 Å². The van der Waals surface area contributed by atoms with Crippen molar-refractivity contribution in [1.82, 2.24) is 4.98 Å². The number of anilines is 1. The van der Waals surface area contributed by atoms with Crippen LogP contribution < -0.4 is 5.32 Å². The van der Waals surface area contributed by atoms with Crippen LogP contribution in [0.4, 0.5) is 5.82 Å². The van der Waals surface area contributed by atoms with Crippen LogP contribution in [0.15, 0.2) is 52.0 Å². The number of rotatable bonds is 2. The first-order chi connectivity index (χ1) is 9.22. The molecule has 0 saturated carbocycles. The van der Waals surface area contributed by atoms with Gasteiger partial charge < -0.3 is 5.32 Å². The molecule has 5 heteroatoms. The van der Waals surface area contributed by atoms with Crippen LogP contribution in [0.25, 0.3) is 0 Å². The second kappa shape index (κ2) is 5.35. The van der Waals surface area contributed by atoms with Crippen molar-refractivity contribution in [1.29, 1.82) is 0 Å². The van der Waals surface area contributed by atoms with E-state index in [0.717, 1.165) is 10.9 Å². The van der Waals surface area contributed by atoms with Crippen molar-refractivity contribution >= 4 is 39.4 Å². The molecule has 1 aromatic carbocycles. The molecule has 2 heterocycles. The van der Waals surface area contributed by atoms with Crippen molar-refractivity contribution in [2.75, 3.05) is 5.32 Å². The summed E-state index contributed by atoms with van der Waals surface area (Å²) in [5, 5.41) is 2.79. The number of thioether (sulfide) groups is 1. The summed E-state index contributed by atoms with van der Waals surface area (Å²) in [6, 6.07) is 11.8. The molecular formula is C14H11BrN2OS. The van der Waals surface area contributed by atoms with Gasteiger partial charge in [-0.3, -0.25) is 4.79 Å². The monoisotopic (exact) mass is 334 g/mol. The summed E-state index contributed by atoms with van der Waals surface area (Å²) in [5.74, 6) is 0.598. The number of pyridine rings is 1. The van der Waals surface area contributed by atoms with Gasteiger partial charge in [-0.2, -0.15) is 0 Å². The maximum atomic E-state index is 12.2. The van der Waals surface area contributed by atoms with Crippen molar-refractivity contribution in [3.05, 3.63) is 52.6 Å². The van der Waals surface area contributed by atoms with Gasteiger partial charge in [0.15, 0.2) is 0 Å². The van der Waals surface area contributed by atoms with Crippen molar-refractivity contribution in [3.63, 3.8) is 0 Å². The zero-order valence-corrected chi connectivity index (χ0v) is 12.4. The fourth-order valence-corrected chi connectivity index (χ4v) is 3.41. The highest BCUT2D eigenvalue weighted by molar-refractivity contribution is 9.10. The Kier molecular flexibility index (Phi) is 3.57. The topological polar surface area (TPSA) is 42.0 Å². The molecular weight excluding hydrogens is 324 g/mol. The highest BCUT2D eigenvalue weighted by atomic mass is 79.9. The van der Waals surface area contributed by atoms with Gasteiger partial charge in [0.1, 0.15) is 5.82 Å². The van der Waals surface area contributed by atoms with E-state index in [1.54, 1.807) is 24.0 Å². The minimum atomic E-state index is -0.0668. The van der Waals surface area contributed by atoms with Crippen molar-refractivity contribution in [3.8, 4) is 0 Å². The summed E-state index contributed by atoms with van der Waals surface area (Å²) in [7, 11) is 0. The van der Waals surface area contributed by atoms with E-state index in [9.17, 15) is 4.79 Å². The first kappa shape index (κ1) is 12.7. The number of aromatic nitrogens is 1. The van der Waals surface area contributed by atoms with Crippen molar-refractivity contribution < 1.29 is 4.79 Å². The number of carbonyl (C=O) groups is 1. The van der Waals surface area contributed by atoms with Gasteiger partial charge in [0.2, 0.25) is 5.91 Å². The lowest BCUT2D eigenvalue weighted by Gasteiger charge is -2.09. The summed E-state index contributed by atoms with van der Waals surface area (Å²) in [6.45, 7) is 0. The van der Waals surface area contributed by atoms with Crippen molar-refractivity contribution in [2.24, 2.45) is 0 Å². The number of hydrogen-bond donors (Lipinski definition) is 1. The third-order valence-corrected chi connectivity index (χ3v) is 4.70. The number of nitrogens with zero attached hydrogens (tertiary/aromatic N) is 1. The number of nitrogens with one attached hydrogen (secondary N) is 1. The molecule has 0 radical (unpaired) electrons. The summed E-state index contributed by atoms with van der Waals surface area (Å²) < 4.78 is 0.896. The van der Waals surface area contributed by atoms with E-state index in [1.807, 2.05) is 18.2 Å². The molecule has 0 fully saturated rings. The van der Waals surface area contributed by atoms with Gasteiger partial charge >= 0.3 is 0 Å². The van der Waals surface area contributed by atoms with Gasteiger partial charge in [-0.25, -0.2) is 4.98 Å². The third-order valence-electron chi connectivity index (χ3n) is 2.92. The molecule has 3 nitrogen and oxygen atoms in total. The Balaban J connectivity index is 1.68. The number of carbonyl (C=O) groups excluding carboxylic acids is 1. The van der Waals surface area contributed by atoms with E-state index in [0.29, 0.717) is 5.82 Å². The van der Waals surface area contributed by atoms with Crippen LogP contribution in [0.2, 0.25) is 0 Å². The molecule has 0 bridgehead atoms. The maximum absolute atomic E-state index is 12.2. The van der Waals surface area contributed by atoms with Crippen LogP contribution in [-0.4, -0.2) is 16.1 Å². The van der Waals surface area contributed by atoms with E-state index >= 15 is 0 Å². The highest BCUT2D eigenvalue weighted by Crippen LogP contribution is 2.37. The third kappa shape index (κ3) is 2.82.